The van der Waals surface area contributed by atoms with Crippen LogP contribution in [-0.4, -0.2) is 43.7 Å². The molecule has 0 aliphatic carbocycles. The summed E-state index contributed by atoms with van der Waals surface area (Å²) >= 11 is 0. The molecule has 2 aromatic rings. The minimum atomic E-state index is -0.682. The number of ether oxygens (including phenoxy) is 3. The van der Waals surface area contributed by atoms with E-state index in [1.165, 1.54) is 12.1 Å². The Hall–Kier alpha value is -2.67. The zero-order valence-electron chi connectivity index (χ0n) is 13.9. The topological polar surface area (TPSA) is 48.0 Å². The number of halogens is 2. The predicted molar refractivity (Wildman–Crippen MR) is 88.4 cm³/mol. The molecular weight excluding hydrogens is 344 g/mol. The van der Waals surface area contributed by atoms with Crippen molar-refractivity contribution in [3.63, 3.8) is 0 Å². The zero-order chi connectivity index (χ0) is 18.1. The SMILES string of the molecule is O=C(c1cccc2c1OCCO2)N1CCOC(c2ccc(F)cc2F)C1. The highest BCUT2D eigenvalue weighted by Crippen LogP contribution is 2.35. The number of hydrogen-bond acceptors (Lipinski definition) is 4. The maximum absolute atomic E-state index is 14.1. The van der Waals surface area contributed by atoms with Gasteiger partial charge in [-0.05, 0) is 18.2 Å². The van der Waals surface area contributed by atoms with Crippen molar-refractivity contribution < 1.29 is 27.8 Å². The van der Waals surface area contributed by atoms with Crippen LogP contribution in [0.15, 0.2) is 36.4 Å². The summed E-state index contributed by atoms with van der Waals surface area (Å²) in [5.74, 6) is -0.597. The number of carbonyl (C=O) groups is 1. The van der Waals surface area contributed by atoms with Crippen LogP contribution in [0.1, 0.15) is 22.0 Å². The molecule has 2 aliphatic heterocycles. The van der Waals surface area contributed by atoms with Gasteiger partial charge in [0.1, 0.15) is 31.0 Å². The standard InChI is InChI=1S/C19H17F2NO4/c20-12-4-5-13(15(21)10-12)17-11-22(6-7-24-17)19(23)14-2-1-3-16-18(14)26-9-8-25-16/h1-5,10,17H,6-9,11H2. The fraction of sp³-hybridized carbons (Fsp3) is 0.316. The molecule has 7 heteroatoms. The molecule has 0 aromatic heterocycles. The van der Waals surface area contributed by atoms with Gasteiger partial charge in [-0.15, -0.1) is 0 Å². The molecule has 0 spiro atoms. The number of nitrogens with zero attached hydrogens (tertiary/aromatic N) is 1. The van der Waals surface area contributed by atoms with E-state index in [-0.39, 0.29) is 24.6 Å². The summed E-state index contributed by atoms with van der Waals surface area (Å²) in [7, 11) is 0. The Morgan fingerprint density at radius 3 is 2.77 bits per heavy atom. The second kappa shape index (κ2) is 6.92. The van der Waals surface area contributed by atoms with E-state index in [0.717, 1.165) is 6.07 Å². The first-order chi connectivity index (χ1) is 12.6. The van der Waals surface area contributed by atoms with E-state index < -0.39 is 17.7 Å². The molecule has 2 heterocycles. The van der Waals surface area contributed by atoms with Crippen molar-refractivity contribution in [1.82, 2.24) is 4.90 Å². The second-order valence-corrected chi connectivity index (χ2v) is 6.11. The highest BCUT2D eigenvalue weighted by molar-refractivity contribution is 5.98. The third-order valence-corrected chi connectivity index (χ3v) is 4.46. The van der Waals surface area contributed by atoms with Crippen molar-refractivity contribution in [3.05, 3.63) is 59.2 Å². The number of rotatable bonds is 2. The second-order valence-electron chi connectivity index (χ2n) is 6.11. The first-order valence-corrected chi connectivity index (χ1v) is 8.38. The Bertz CT molecular complexity index is 842. The third-order valence-electron chi connectivity index (χ3n) is 4.46. The van der Waals surface area contributed by atoms with E-state index in [2.05, 4.69) is 0 Å². The molecule has 1 amide bonds. The molecule has 0 bridgehead atoms. The Morgan fingerprint density at radius 2 is 1.92 bits per heavy atom. The molecule has 0 N–H and O–H groups in total. The summed E-state index contributed by atoms with van der Waals surface area (Å²) < 4.78 is 43.9. The van der Waals surface area contributed by atoms with Gasteiger partial charge in [0.15, 0.2) is 11.5 Å². The van der Waals surface area contributed by atoms with Crippen LogP contribution in [0.5, 0.6) is 11.5 Å². The third kappa shape index (κ3) is 3.10. The summed E-state index contributed by atoms with van der Waals surface area (Å²) in [6, 6.07) is 8.52. The Kier molecular flexibility index (Phi) is 4.46. The molecule has 0 radical (unpaired) electrons. The number of hydrogen-bond donors (Lipinski definition) is 0. The van der Waals surface area contributed by atoms with Crippen molar-refractivity contribution in [2.24, 2.45) is 0 Å². The number of carbonyl (C=O) groups excluding carboxylic acids is 1. The molecule has 1 unspecified atom stereocenters. The molecule has 2 aliphatic rings. The van der Waals surface area contributed by atoms with E-state index in [1.54, 1.807) is 23.1 Å². The van der Waals surface area contributed by atoms with E-state index in [4.69, 9.17) is 14.2 Å². The van der Waals surface area contributed by atoms with Gasteiger partial charge >= 0.3 is 0 Å². The number of amides is 1. The highest BCUT2D eigenvalue weighted by Gasteiger charge is 2.30. The van der Waals surface area contributed by atoms with Crippen molar-refractivity contribution in [1.29, 1.82) is 0 Å². The van der Waals surface area contributed by atoms with Crippen molar-refractivity contribution in [2.45, 2.75) is 6.10 Å². The van der Waals surface area contributed by atoms with Crippen LogP contribution >= 0.6 is 0 Å². The molecule has 4 rings (SSSR count). The number of morpholine rings is 1. The van der Waals surface area contributed by atoms with Gasteiger partial charge in [-0.3, -0.25) is 4.79 Å². The Labute approximate surface area is 149 Å². The quantitative estimate of drug-likeness (QED) is 0.825. The molecular formula is C19H17F2NO4. The van der Waals surface area contributed by atoms with E-state index >= 15 is 0 Å². The average molecular weight is 361 g/mol. The Morgan fingerprint density at radius 1 is 1.08 bits per heavy atom. The van der Waals surface area contributed by atoms with Crippen LogP contribution in [0.3, 0.4) is 0 Å². The van der Waals surface area contributed by atoms with Crippen LogP contribution < -0.4 is 9.47 Å². The molecule has 1 saturated heterocycles. The van der Waals surface area contributed by atoms with Gasteiger partial charge in [0.05, 0.1) is 18.7 Å². The van der Waals surface area contributed by atoms with E-state index in [9.17, 15) is 13.6 Å². The van der Waals surface area contributed by atoms with Crippen LogP contribution in [0, 0.1) is 11.6 Å². The van der Waals surface area contributed by atoms with Crippen LogP contribution in [0.4, 0.5) is 8.78 Å². The number of benzene rings is 2. The smallest absolute Gasteiger partial charge is 0.257 e. The lowest BCUT2D eigenvalue weighted by Crippen LogP contribution is -2.42. The van der Waals surface area contributed by atoms with Crippen molar-refractivity contribution in [2.75, 3.05) is 32.9 Å². The van der Waals surface area contributed by atoms with E-state index in [0.29, 0.717) is 36.8 Å². The first kappa shape index (κ1) is 16.8. The fourth-order valence-electron chi connectivity index (χ4n) is 3.20. The first-order valence-electron chi connectivity index (χ1n) is 8.38. The molecule has 2 aromatic carbocycles. The van der Waals surface area contributed by atoms with Crippen LogP contribution in [-0.2, 0) is 4.74 Å². The summed E-state index contributed by atoms with van der Waals surface area (Å²) in [4.78, 5) is 14.6. The lowest BCUT2D eigenvalue weighted by molar-refractivity contribution is -0.0245. The summed E-state index contributed by atoms with van der Waals surface area (Å²) in [5, 5.41) is 0. The summed E-state index contributed by atoms with van der Waals surface area (Å²) in [6.45, 7) is 1.63. The summed E-state index contributed by atoms with van der Waals surface area (Å²) in [6.07, 6.45) is -0.648. The van der Waals surface area contributed by atoms with Gasteiger partial charge in [-0.1, -0.05) is 12.1 Å². The maximum Gasteiger partial charge on any atom is 0.257 e. The summed E-state index contributed by atoms with van der Waals surface area (Å²) in [5.41, 5.74) is 0.640. The molecule has 0 saturated carbocycles. The van der Waals surface area contributed by atoms with Crippen LogP contribution in [0.25, 0.3) is 0 Å². The monoisotopic (exact) mass is 361 g/mol. The minimum absolute atomic E-state index is 0.173. The molecule has 26 heavy (non-hydrogen) atoms. The lowest BCUT2D eigenvalue weighted by atomic mass is 10.1. The predicted octanol–water partition coefficient (Wildman–Crippen LogP) is 2.95. The largest absolute Gasteiger partial charge is 0.486 e. The van der Waals surface area contributed by atoms with E-state index in [1.807, 2.05) is 0 Å². The zero-order valence-corrected chi connectivity index (χ0v) is 13.9. The molecule has 1 atom stereocenters. The van der Waals surface area contributed by atoms with Gasteiger partial charge in [0.25, 0.3) is 5.91 Å². The maximum atomic E-state index is 14.1. The normalized spacial score (nSPS) is 19.3. The van der Waals surface area contributed by atoms with Crippen molar-refractivity contribution in [3.8, 4) is 11.5 Å². The lowest BCUT2D eigenvalue weighted by Gasteiger charge is -2.34. The molecule has 5 nitrogen and oxygen atoms in total. The highest BCUT2D eigenvalue weighted by atomic mass is 19.1. The number of fused-ring (bicyclic) bond motifs is 1. The number of para-hydroxylation sites is 1. The minimum Gasteiger partial charge on any atom is -0.486 e. The van der Waals surface area contributed by atoms with Crippen molar-refractivity contribution >= 4 is 5.91 Å². The van der Waals surface area contributed by atoms with Gasteiger partial charge in [0.2, 0.25) is 0 Å². The van der Waals surface area contributed by atoms with Gasteiger partial charge < -0.3 is 19.1 Å². The molecule has 136 valence electrons. The van der Waals surface area contributed by atoms with Crippen LogP contribution in [0.2, 0.25) is 0 Å². The Balaban J connectivity index is 1.57. The average Bonchev–Trinajstić information content (AvgIpc) is 2.67. The van der Waals surface area contributed by atoms with Gasteiger partial charge in [0, 0.05) is 18.2 Å². The fourth-order valence-corrected chi connectivity index (χ4v) is 3.20. The van der Waals surface area contributed by atoms with Gasteiger partial charge in [-0.2, -0.15) is 0 Å². The molecule has 1 fully saturated rings. The van der Waals surface area contributed by atoms with Gasteiger partial charge in [-0.25, -0.2) is 8.78 Å².